The Labute approximate surface area is 160 Å². The molecule has 0 bridgehead atoms. The van der Waals surface area contributed by atoms with Gasteiger partial charge in [-0.15, -0.1) is 0 Å². The molecule has 4 heterocycles. The van der Waals surface area contributed by atoms with E-state index in [0.29, 0.717) is 5.82 Å². The summed E-state index contributed by atoms with van der Waals surface area (Å²) in [6, 6.07) is 9.52. The van der Waals surface area contributed by atoms with Crippen molar-refractivity contribution in [3.63, 3.8) is 0 Å². The van der Waals surface area contributed by atoms with Gasteiger partial charge in [-0.05, 0) is 31.2 Å². The van der Waals surface area contributed by atoms with Crippen LogP contribution in [0.15, 0.2) is 49.1 Å². The smallest absolute Gasteiger partial charge is 0.224 e. The van der Waals surface area contributed by atoms with Crippen molar-refractivity contribution in [2.45, 2.75) is 13.0 Å². The zero-order valence-electron chi connectivity index (χ0n) is 15.0. The highest BCUT2D eigenvalue weighted by Crippen LogP contribution is 2.30. The third-order valence-corrected chi connectivity index (χ3v) is 4.40. The number of rotatable bonds is 4. The summed E-state index contributed by atoms with van der Waals surface area (Å²) in [7, 11) is 0. The van der Waals surface area contributed by atoms with Crippen LogP contribution in [0.5, 0.6) is 0 Å². The number of hydrogen-bond acceptors (Lipinski definition) is 8. The molecular weight excluding hydrogens is 354 g/mol. The summed E-state index contributed by atoms with van der Waals surface area (Å²) in [4.78, 5) is 16.7. The molecule has 9 nitrogen and oxygen atoms in total. The van der Waals surface area contributed by atoms with Crippen LogP contribution < -0.4 is 16.8 Å². The van der Waals surface area contributed by atoms with Gasteiger partial charge in [-0.2, -0.15) is 15.2 Å². The van der Waals surface area contributed by atoms with Gasteiger partial charge in [0.05, 0.1) is 29.0 Å². The van der Waals surface area contributed by atoms with E-state index in [1.807, 2.05) is 48.0 Å². The topological polar surface area (TPSA) is 144 Å². The summed E-state index contributed by atoms with van der Waals surface area (Å²) in [6.45, 7) is 1.95. The molecule has 4 rings (SSSR count). The second-order valence-corrected chi connectivity index (χ2v) is 6.21. The lowest BCUT2D eigenvalue weighted by molar-refractivity contribution is 0.872. The van der Waals surface area contributed by atoms with Crippen LogP contribution >= 0.6 is 0 Å². The molecule has 4 aromatic rings. The standard InChI is InChI=1S/C19H17N9/c1-11(25-18-13(8-20)17(21)26-19(22)27-18)14-10-28(12-4-2-6-23-9-12)15-5-3-7-24-16(14)15/h2-7,9-11H,1H3,(H5,21,22,25,26,27)/t11-/m0/s1. The van der Waals surface area contributed by atoms with Crippen LogP contribution in [-0.4, -0.2) is 24.5 Å². The fourth-order valence-corrected chi connectivity index (χ4v) is 3.10. The van der Waals surface area contributed by atoms with Crippen LogP contribution in [-0.2, 0) is 0 Å². The molecule has 0 aliphatic heterocycles. The number of nitrogens with one attached hydrogen (secondary N) is 1. The van der Waals surface area contributed by atoms with Gasteiger partial charge in [0.2, 0.25) is 5.95 Å². The minimum Gasteiger partial charge on any atom is -0.382 e. The molecule has 1 atom stereocenters. The van der Waals surface area contributed by atoms with Gasteiger partial charge in [-0.25, -0.2) is 0 Å². The predicted molar refractivity (Wildman–Crippen MR) is 106 cm³/mol. The van der Waals surface area contributed by atoms with Crippen molar-refractivity contribution in [1.29, 1.82) is 5.26 Å². The minimum absolute atomic E-state index is 0.00196. The molecule has 0 aromatic carbocycles. The fraction of sp³-hybridized carbons (Fsp3) is 0.105. The molecule has 0 aliphatic carbocycles. The van der Waals surface area contributed by atoms with E-state index in [0.717, 1.165) is 22.3 Å². The van der Waals surface area contributed by atoms with Gasteiger partial charge < -0.3 is 21.4 Å². The van der Waals surface area contributed by atoms with Gasteiger partial charge in [-0.1, -0.05) is 0 Å². The number of nitriles is 1. The average Bonchev–Trinajstić information content (AvgIpc) is 3.08. The summed E-state index contributed by atoms with van der Waals surface area (Å²) in [5.41, 5.74) is 15.3. The maximum atomic E-state index is 9.38. The maximum Gasteiger partial charge on any atom is 0.224 e. The lowest BCUT2D eigenvalue weighted by atomic mass is 10.1. The maximum absolute atomic E-state index is 9.38. The number of pyridine rings is 2. The molecule has 5 N–H and O–H groups in total. The molecule has 0 amide bonds. The zero-order valence-corrected chi connectivity index (χ0v) is 15.0. The summed E-state index contributed by atoms with van der Waals surface area (Å²) >= 11 is 0. The van der Waals surface area contributed by atoms with E-state index >= 15 is 0 Å². The first-order chi connectivity index (χ1) is 13.6. The van der Waals surface area contributed by atoms with Gasteiger partial charge in [0.1, 0.15) is 17.5 Å². The van der Waals surface area contributed by atoms with E-state index in [9.17, 15) is 5.26 Å². The van der Waals surface area contributed by atoms with E-state index in [2.05, 4.69) is 25.3 Å². The number of fused-ring (bicyclic) bond motifs is 1. The molecule has 28 heavy (non-hydrogen) atoms. The highest BCUT2D eigenvalue weighted by molar-refractivity contribution is 5.82. The summed E-state index contributed by atoms with van der Waals surface area (Å²) in [5.74, 6) is 0.334. The number of hydrogen-bond donors (Lipinski definition) is 3. The molecule has 0 radical (unpaired) electrons. The lowest BCUT2D eigenvalue weighted by Crippen LogP contribution is -2.13. The molecule has 4 aromatic heterocycles. The van der Waals surface area contributed by atoms with Crippen LogP contribution in [0.1, 0.15) is 24.1 Å². The van der Waals surface area contributed by atoms with Gasteiger partial charge in [0.25, 0.3) is 0 Å². The number of nitrogens with zero attached hydrogens (tertiary/aromatic N) is 6. The first kappa shape index (κ1) is 17.2. The molecule has 9 heteroatoms. The summed E-state index contributed by atoms with van der Waals surface area (Å²) in [5, 5.41) is 12.6. The Bertz CT molecular complexity index is 1190. The van der Waals surface area contributed by atoms with E-state index in [4.69, 9.17) is 11.5 Å². The normalized spacial score (nSPS) is 11.9. The second-order valence-electron chi connectivity index (χ2n) is 6.21. The highest BCUT2D eigenvalue weighted by Gasteiger charge is 2.19. The van der Waals surface area contributed by atoms with Crippen molar-refractivity contribution in [2.24, 2.45) is 0 Å². The van der Waals surface area contributed by atoms with E-state index in [1.54, 1.807) is 18.6 Å². The summed E-state index contributed by atoms with van der Waals surface area (Å²) in [6.07, 6.45) is 7.25. The lowest BCUT2D eigenvalue weighted by Gasteiger charge is -2.15. The molecule has 0 aliphatic rings. The van der Waals surface area contributed by atoms with Crippen molar-refractivity contribution in [3.8, 4) is 11.8 Å². The Hall–Kier alpha value is -4.19. The number of aromatic nitrogens is 5. The van der Waals surface area contributed by atoms with E-state index in [-0.39, 0.29) is 23.4 Å². The third-order valence-electron chi connectivity index (χ3n) is 4.40. The SMILES string of the molecule is C[C@H](Nc1nc(N)nc(N)c1C#N)c1cn(-c2cccnc2)c2cccnc12. The van der Waals surface area contributed by atoms with Crippen LogP contribution in [0.4, 0.5) is 17.6 Å². The van der Waals surface area contributed by atoms with Crippen molar-refractivity contribution in [2.75, 3.05) is 16.8 Å². The quantitative estimate of drug-likeness (QED) is 0.496. The molecule has 138 valence electrons. The highest BCUT2D eigenvalue weighted by atomic mass is 15.1. The van der Waals surface area contributed by atoms with Crippen molar-refractivity contribution in [1.82, 2.24) is 24.5 Å². The zero-order chi connectivity index (χ0) is 19.7. The van der Waals surface area contributed by atoms with Crippen molar-refractivity contribution in [3.05, 3.63) is 60.2 Å². The Kier molecular flexibility index (Phi) is 4.21. The summed E-state index contributed by atoms with van der Waals surface area (Å²) < 4.78 is 2.02. The first-order valence-electron chi connectivity index (χ1n) is 8.54. The molecule has 0 fully saturated rings. The molecule has 0 saturated heterocycles. The second kappa shape index (κ2) is 6.85. The monoisotopic (exact) mass is 371 g/mol. The third kappa shape index (κ3) is 2.93. The molecular formula is C19H17N9. The van der Waals surface area contributed by atoms with Crippen LogP contribution in [0.25, 0.3) is 16.7 Å². The number of anilines is 3. The fourth-order valence-electron chi connectivity index (χ4n) is 3.10. The van der Waals surface area contributed by atoms with Crippen LogP contribution in [0.2, 0.25) is 0 Å². The van der Waals surface area contributed by atoms with Gasteiger partial charge in [0, 0.05) is 24.2 Å². The Balaban J connectivity index is 1.79. The van der Waals surface area contributed by atoms with E-state index in [1.165, 1.54) is 0 Å². The van der Waals surface area contributed by atoms with Crippen LogP contribution in [0.3, 0.4) is 0 Å². The van der Waals surface area contributed by atoms with Crippen molar-refractivity contribution < 1.29 is 0 Å². The Morgan fingerprint density at radius 2 is 2.00 bits per heavy atom. The first-order valence-corrected chi connectivity index (χ1v) is 8.54. The minimum atomic E-state index is -0.226. The van der Waals surface area contributed by atoms with Crippen molar-refractivity contribution >= 4 is 28.6 Å². The van der Waals surface area contributed by atoms with E-state index < -0.39 is 0 Å². The predicted octanol–water partition coefficient (Wildman–Crippen LogP) is 2.42. The Morgan fingerprint density at radius 1 is 1.18 bits per heavy atom. The Morgan fingerprint density at radius 3 is 2.75 bits per heavy atom. The van der Waals surface area contributed by atoms with Gasteiger partial charge in [-0.3, -0.25) is 9.97 Å². The van der Waals surface area contributed by atoms with Gasteiger partial charge in [0.15, 0.2) is 5.82 Å². The van der Waals surface area contributed by atoms with Gasteiger partial charge >= 0.3 is 0 Å². The largest absolute Gasteiger partial charge is 0.382 e. The average molecular weight is 371 g/mol. The number of nitrogen functional groups attached to an aromatic ring is 2. The molecule has 0 saturated carbocycles. The number of nitrogens with two attached hydrogens (primary N) is 2. The molecule has 0 unspecified atom stereocenters. The molecule has 0 spiro atoms. The van der Waals surface area contributed by atoms with Crippen LogP contribution in [0, 0.1) is 11.3 Å².